The molecule has 0 unspecified atom stereocenters. The lowest BCUT2D eigenvalue weighted by molar-refractivity contribution is -0.132. The number of benzene rings is 2. The number of hydrogen-bond acceptors (Lipinski definition) is 2. The van der Waals surface area contributed by atoms with E-state index in [1.54, 1.807) is 0 Å². The molecule has 0 spiro atoms. The van der Waals surface area contributed by atoms with Crippen LogP contribution in [0.4, 0.5) is 0 Å². The Bertz CT molecular complexity index is 727. The summed E-state index contributed by atoms with van der Waals surface area (Å²) in [4.78, 5) is 14.5. The number of halogens is 1. The fourth-order valence-corrected chi connectivity index (χ4v) is 3.38. The van der Waals surface area contributed by atoms with E-state index in [0.29, 0.717) is 19.6 Å². The molecule has 0 saturated carbocycles. The van der Waals surface area contributed by atoms with Crippen LogP contribution in [-0.4, -0.2) is 24.0 Å². The molecule has 0 atom stereocenters. The van der Waals surface area contributed by atoms with Crippen molar-refractivity contribution < 1.29 is 9.53 Å². The molecule has 0 fully saturated rings. The number of hydrogen-bond donors (Lipinski definition) is 0. The molecule has 1 heterocycles. The van der Waals surface area contributed by atoms with Crippen molar-refractivity contribution in [3.8, 4) is 5.75 Å². The van der Waals surface area contributed by atoms with Crippen molar-refractivity contribution in [1.29, 1.82) is 0 Å². The maximum Gasteiger partial charge on any atom is 0.222 e. The van der Waals surface area contributed by atoms with Gasteiger partial charge in [-0.05, 0) is 67.1 Å². The van der Waals surface area contributed by atoms with Crippen molar-refractivity contribution in [2.24, 2.45) is 0 Å². The molecule has 132 valence electrons. The summed E-state index contributed by atoms with van der Waals surface area (Å²) in [6, 6.07) is 14.1. The van der Waals surface area contributed by atoms with Crippen LogP contribution in [0.15, 0.2) is 42.5 Å². The Morgan fingerprint density at radius 2 is 1.96 bits per heavy atom. The molecule has 3 rings (SSSR count). The molecule has 0 saturated heterocycles. The summed E-state index contributed by atoms with van der Waals surface area (Å²) in [5.74, 6) is 1.12. The molecular formula is C21H24ClNO2. The predicted octanol–water partition coefficient (Wildman–Crippen LogP) is 4.65. The molecule has 0 N–H and O–H groups in total. The molecule has 1 aliphatic rings. The second-order valence-corrected chi connectivity index (χ2v) is 6.85. The summed E-state index contributed by atoms with van der Waals surface area (Å²) in [6.45, 7) is 4.14. The molecule has 2 aromatic rings. The quantitative estimate of drug-likeness (QED) is 0.753. The van der Waals surface area contributed by atoms with E-state index in [2.05, 4.69) is 12.1 Å². The van der Waals surface area contributed by atoms with Crippen molar-refractivity contribution in [1.82, 2.24) is 4.90 Å². The third kappa shape index (κ3) is 4.76. The van der Waals surface area contributed by atoms with Crippen LogP contribution in [-0.2, 0) is 24.2 Å². The normalized spacial score (nSPS) is 13.4. The Hall–Kier alpha value is -2.00. The van der Waals surface area contributed by atoms with Gasteiger partial charge in [-0.2, -0.15) is 0 Å². The molecule has 0 aromatic heterocycles. The van der Waals surface area contributed by atoms with Gasteiger partial charge in [0.05, 0.1) is 6.61 Å². The molecule has 0 radical (unpaired) electrons. The molecule has 4 heteroatoms. The predicted molar refractivity (Wildman–Crippen MR) is 101 cm³/mol. The van der Waals surface area contributed by atoms with Crippen molar-refractivity contribution in [2.75, 3.05) is 13.2 Å². The zero-order chi connectivity index (χ0) is 17.6. The number of ether oxygens (including phenoxy) is 1. The number of fused-ring (bicyclic) bond motifs is 1. The first-order valence-corrected chi connectivity index (χ1v) is 9.30. The molecule has 1 amide bonds. The summed E-state index contributed by atoms with van der Waals surface area (Å²) in [7, 11) is 0. The molecule has 3 nitrogen and oxygen atoms in total. The SMILES string of the molecule is CCOc1ccc2c(c1)CN(C(=O)CCCc1ccc(Cl)cc1)CC2. The number of carbonyl (C=O) groups excluding carboxylic acids is 1. The summed E-state index contributed by atoms with van der Waals surface area (Å²) in [6.07, 6.45) is 3.28. The Kier molecular flexibility index (Phi) is 5.98. The summed E-state index contributed by atoms with van der Waals surface area (Å²) in [5.41, 5.74) is 3.76. The van der Waals surface area contributed by atoms with E-state index >= 15 is 0 Å². The Balaban J connectivity index is 1.53. The highest BCUT2D eigenvalue weighted by Gasteiger charge is 2.20. The number of rotatable bonds is 6. The Labute approximate surface area is 154 Å². The van der Waals surface area contributed by atoms with E-state index in [9.17, 15) is 4.79 Å². The molecule has 0 aliphatic carbocycles. The van der Waals surface area contributed by atoms with Crippen LogP contribution in [0.5, 0.6) is 5.75 Å². The highest BCUT2D eigenvalue weighted by molar-refractivity contribution is 6.30. The average molecular weight is 358 g/mol. The number of amides is 1. The van der Waals surface area contributed by atoms with Crippen LogP contribution in [0.2, 0.25) is 5.02 Å². The van der Waals surface area contributed by atoms with Crippen LogP contribution >= 0.6 is 11.6 Å². The van der Waals surface area contributed by atoms with Gasteiger partial charge in [-0.15, -0.1) is 0 Å². The first kappa shape index (κ1) is 17.8. The second-order valence-electron chi connectivity index (χ2n) is 6.41. The number of nitrogens with zero attached hydrogens (tertiary/aromatic N) is 1. The van der Waals surface area contributed by atoms with Crippen molar-refractivity contribution in [3.63, 3.8) is 0 Å². The minimum atomic E-state index is 0.237. The van der Waals surface area contributed by atoms with E-state index in [-0.39, 0.29) is 5.91 Å². The fourth-order valence-electron chi connectivity index (χ4n) is 3.26. The van der Waals surface area contributed by atoms with E-state index < -0.39 is 0 Å². The summed E-state index contributed by atoms with van der Waals surface area (Å²) >= 11 is 5.90. The lowest BCUT2D eigenvalue weighted by atomic mass is 9.99. The van der Waals surface area contributed by atoms with Crippen LogP contribution in [0.3, 0.4) is 0 Å². The van der Waals surface area contributed by atoms with Gasteiger partial charge in [-0.25, -0.2) is 0 Å². The lowest BCUT2D eigenvalue weighted by Crippen LogP contribution is -2.35. The second kappa shape index (κ2) is 8.39. The highest BCUT2D eigenvalue weighted by Crippen LogP contribution is 2.24. The third-order valence-electron chi connectivity index (χ3n) is 4.62. The molecular weight excluding hydrogens is 334 g/mol. The third-order valence-corrected chi connectivity index (χ3v) is 4.88. The van der Waals surface area contributed by atoms with Gasteiger partial charge in [0.2, 0.25) is 5.91 Å². The topological polar surface area (TPSA) is 29.5 Å². The van der Waals surface area contributed by atoms with Gasteiger partial charge >= 0.3 is 0 Å². The maximum atomic E-state index is 12.5. The highest BCUT2D eigenvalue weighted by atomic mass is 35.5. The van der Waals surface area contributed by atoms with Gasteiger partial charge in [-0.1, -0.05) is 29.8 Å². The standard InChI is InChI=1S/C21H24ClNO2/c1-2-25-20-11-8-17-12-13-23(15-18(17)14-20)21(24)5-3-4-16-6-9-19(22)10-7-16/h6-11,14H,2-5,12-13,15H2,1H3. The van der Waals surface area contributed by atoms with Gasteiger partial charge < -0.3 is 9.64 Å². The lowest BCUT2D eigenvalue weighted by Gasteiger charge is -2.29. The summed E-state index contributed by atoms with van der Waals surface area (Å²) in [5, 5.41) is 0.748. The summed E-state index contributed by atoms with van der Waals surface area (Å²) < 4.78 is 5.58. The minimum Gasteiger partial charge on any atom is -0.494 e. The maximum absolute atomic E-state index is 12.5. The van der Waals surface area contributed by atoms with Gasteiger partial charge in [0.1, 0.15) is 5.75 Å². The zero-order valence-electron chi connectivity index (χ0n) is 14.6. The first-order chi connectivity index (χ1) is 12.2. The van der Waals surface area contributed by atoms with Gasteiger partial charge in [-0.3, -0.25) is 4.79 Å². The number of aryl methyl sites for hydroxylation is 1. The number of carbonyl (C=O) groups is 1. The Morgan fingerprint density at radius 1 is 1.16 bits per heavy atom. The van der Waals surface area contributed by atoms with E-state index in [0.717, 1.165) is 36.6 Å². The van der Waals surface area contributed by atoms with E-state index in [1.165, 1.54) is 16.7 Å². The van der Waals surface area contributed by atoms with Crippen LogP contribution in [0.25, 0.3) is 0 Å². The van der Waals surface area contributed by atoms with Gasteiger partial charge in [0.25, 0.3) is 0 Å². The van der Waals surface area contributed by atoms with Gasteiger partial charge in [0.15, 0.2) is 0 Å². The van der Waals surface area contributed by atoms with Crippen LogP contribution < -0.4 is 4.74 Å². The zero-order valence-corrected chi connectivity index (χ0v) is 15.4. The molecule has 2 aromatic carbocycles. The first-order valence-electron chi connectivity index (χ1n) is 8.92. The molecule has 0 bridgehead atoms. The van der Waals surface area contributed by atoms with Crippen LogP contribution in [0.1, 0.15) is 36.5 Å². The largest absolute Gasteiger partial charge is 0.494 e. The van der Waals surface area contributed by atoms with Crippen LogP contribution in [0, 0.1) is 0 Å². The molecule has 1 aliphatic heterocycles. The van der Waals surface area contributed by atoms with E-state index in [1.807, 2.05) is 42.2 Å². The van der Waals surface area contributed by atoms with Gasteiger partial charge in [0, 0.05) is 24.5 Å². The van der Waals surface area contributed by atoms with E-state index in [4.69, 9.17) is 16.3 Å². The fraction of sp³-hybridized carbons (Fsp3) is 0.381. The van der Waals surface area contributed by atoms with Crippen molar-refractivity contribution >= 4 is 17.5 Å². The Morgan fingerprint density at radius 3 is 2.72 bits per heavy atom. The molecule has 25 heavy (non-hydrogen) atoms. The smallest absolute Gasteiger partial charge is 0.222 e. The average Bonchev–Trinajstić information content (AvgIpc) is 2.63. The minimum absolute atomic E-state index is 0.237. The monoisotopic (exact) mass is 357 g/mol. The van der Waals surface area contributed by atoms with Crippen molar-refractivity contribution in [2.45, 2.75) is 39.2 Å². The van der Waals surface area contributed by atoms with Crippen molar-refractivity contribution in [3.05, 3.63) is 64.2 Å².